The van der Waals surface area contributed by atoms with E-state index in [9.17, 15) is 4.79 Å². The summed E-state index contributed by atoms with van der Waals surface area (Å²) in [4.78, 5) is 12.5. The molecule has 0 bridgehead atoms. The molecule has 0 spiro atoms. The maximum atomic E-state index is 12.5. The van der Waals surface area contributed by atoms with Crippen molar-refractivity contribution in [3.63, 3.8) is 0 Å². The lowest BCUT2D eigenvalue weighted by molar-refractivity contribution is -0.122. The minimum absolute atomic E-state index is 0.0618. The molecule has 5 heteroatoms. The molecule has 0 aliphatic heterocycles. The van der Waals surface area contributed by atoms with Crippen molar-refractivity contribution < 1.29 is 4.79 Å². The molecule has 3 saturated carbocycles. The molecule has 3 aliphatic rings. The van der Waals surface area contributed by atoms with Gasteiger partial charge in [0.2, 0.25) is 5.91 Å². The van der Waals surface area contributed by atoms with Crippen molar-refractivity contribution in [2.45, 2.75) is 54.7 Å². The van der Waals surface area contributed by atoms with Gasteiger partial charge in [-0.15, -0.1) is 23.2 Å². The van der Waals surface area contributed by atoms with Crippen molar-refractivity contribution in [1.82, 2.24) is 5.43 Å². The highest BCUT2D eigenvalue weighted by atomic mass is 35.5. The number of hydrogen-bond donors (Lipinski definition) is 1. The van der Waals surface area contributed by atoms with Crippen molar-refractivity contribution in [1.29, 1.82) is 0 Å². The summed E-state index contributed by atoms with van der Waals surface area (Å²) in [6, 6.07) is 9.90. The number of nitrogens with zero attached hydrogens (tertiary/aromatic N) is 1. The number of halogens is 2. The van der Waals surface area contributed by atoms with E-state index in [0.29, 0.717) is 18.3 Å². The van der Waals surface area contributed by atoms with E-state index in [1.165, 1.54) is 38.5 Å². The Labute approximate surface area is 159 Å². The number of benzene rings is 1. The molecule has 4 atom stereocenters. The summed E-state index contributed by atoms with van der Waals surface area (Å²) >= 11 is 12.8. The van der Waals surface area contributed by atoms with Crippen LogP contribution in [0, 0.1) is 17.8 Å². The van der Waals surface area contributed by atoms with Gasteiger partial charge in [0, 0.05) is 12.1 Å². The van der Waals surface area contributed by atoms with Gasteiger partial charge < -0.3 is 0 Å². The van der Waals surface area contributed by atoms with Gasteiger partial charge in [0.15, 0.2) is 0 Å². The van der Waals surface area contributed by atoms with Crippen LogP contribution in [-0.4, -0.2) is 16.5 Å². The Balaban J connectivity index is 1.40. The first-order chi connectivity index (χ1) is 12.1. The summed E-state index contributed by atoms with van der Waals surface area (Å²) in [6.45, 7) is 0. The van der Waals surface area contributed by atoms with Crippen LogP contribution in [0.1, 0.15) is 50.5 Å². The zero-order valence-corrected chi connectivity index (χ0v) is 15.8. The highest BCUT2D eigenvalue weighted by molar-refractivity contribution is 6.53. The third-order valence-corrected chi connectivity index (χ3v) is 7.18. The van der Waals surface area contributed by atoms with Gasteiger partial charge in [0.05, 0.1) is 5.41 Å². The average Bonchev–Trinajstić information content (AvgIpc) is 3.41. The molecule has 0 radical (unpaired) electrons. The lowest BCUT2D eigenvalue weighted by Crippen LogP contribution is -2.24. The van der Waals surface area contributed by atoms with Crippen LogP contribution in [0.3, 0.4) is 0 Å². The Kier molecular flexibility index (Phi) is 4.57. The second kappa shape index (κ2) is 6.59. The van der Waals surface area contributed by atoms with E-state index < -0.39 is 9.75 Å². The first kappa shape index (κ1) is 17.4. The van der Waals surface area contributed by atoms with E-state index in [1.54, 1.807) is 6.21 Å². The largest absolute Gasteiger partial charge is 0.273 e. The van der Waals surface area contributed by atoms with Crippen LogP contribution in [0.5, 0.6) is 0 Å². The number of rotatable bonds is 4. The minimum Gasteiger partial charge on any atom is -0.273 e. The van der Waals surface area contributed by atoms with Crippen molar-refractivity contribution in [2.75, 3.05) is 0 Å². The van der Waals surface area contributed by atoms with Crippen LogP contribution < -0.4 is 5.43 Å². The fraction of sp³-hybridized carbons (Fsp3) is 0.600. The molecule has 4 rings (SSSR count). The Morgan fingerprint density at radius 1 is 1.08 bits per heavy atom. The van der Waals surface area contributed by atoms with Gasteiger partial charge >= 0.3 is 0 Å². The molecule has 1 amide bonds. The summed E-state index contributed by atoms with van der Waals surface area (Å²) in [6.07, 6.45) is 9.84. The number of hydrogen-bond acceptors (Lipinski definition) is 2. The maximum Gasteiger partial charge on any atom is 0.243 e. The SMILES string of the molecule is O=C(N/N=C\[C@@]1(c2ccccc2)CC1(Cl)Cl)C1[C@H]2CCCCCC[C@@H]12. The zero-order valence-electron chi connectivity index (χ0n) is 14.3. The molecule has 134 valence electrons. The summed E-state index contributed by atoms with van der Waals surface area (Å²) in [7, 11) is 0. The lowest BCUT2D eigenvalue weighted by Gasteiger charge is -2.13. The van der Waals surface area contributed by atoms with Crippen molar-refractivity contribution in [2.24, 2.45) is 22.9 Å². The van der Waals surface area contributed by atoms with Crippen LogP contribution >= 0.6 is 23.2 Å². The molecular weight excluding hydrogens is 355 g/mol. The lowest BCUT2D eigenvalue weighted by atomic mass is 9.97. The van der Waals surface area contributed by atoms with Gasteiger partial charge in [0.25, 0.3) is 0 Å². The van der Waals surface area contributed by atoms with Crippen LogP contribution in [0.25, 0.3) is 0 Å². The Morgan fingerprint density at radius 3 is 2.24 bits per heavy atom. The number of fused-ring (bicyclic) bond motifs is 1. The molecule has 3 nitrogen and oxygen atoms in total. The minimum atomic E-state index is -0.855. The summed E-state index contributed by atoms with van der Waals surface area (Å²) in [5.41, 5.74) is 3.29. The maximum absolute atomic E-state index is 12.5. The molecule has 25 heavy (non-hydrogen) atoms. The van der Waals surface area contributed by atoms with Gasteiger partial charge in [0.1, 0.15) is 4.33 Å². The first-order valence-electron chi connectivity index (χ1n) is 9.33. The number of amides is 1. The third-order valence-electron chi connectivity index (χ3n) is 6.24. The molecule has 0 heterocycles. The number of hydrazone groups is 1. The standard InChI is InChI=1S/C20H24Cl2N2O/c21-20(22)12-19(20,14-8-4-3-5-9-14)13-23-24-18(25)17-15-10-6-1-2-7-11-16(15)17/h3-5,8-9,13,15-17H,1-2,6-7,10-12H2,(H,24,25)/b23-13-/t15-,16+,17?,19-/m1/s1. The quantitative estimate of drug-likeness (QED) is 0.455. The van der Waals surface area contributed by atoms with Gasteiger partial charge in [-0.25, -0.2) is 5.43 Å². The molecule has 3 aliphatic carbocycles. The molecular formula is C20H24Cl2N2O. The molecule has 1 unspecified atom stereocenters. The van der Waals surface area contributed by atoms with Gasteiger partial charge in [-0.3, -0.25) is 4.79 Å². The van der Waals surface area contributed by atoms with Crippen molar-refractivity contribution in [3.05, 3.63) is 35.9 Å². The predicted octanol–water partition coefficient (Wildman–Crippen LogP) is 4.82. The average molecular weight is 379 g/mol. The van der Waals surface area contributed by atoms with Crippen LogP contribution in [0.2, 0.25) is 0 Å². The van der Waals surface area contributed by atoms with E-state index in [1.807, 2.05) is 30.3 Å². The second-order valence-corrected chi connectivity index (χ2v) is 9.28. The van der Waals surface area contributed by atoms with E-state index >= 15 is 0 Å². The number of alkyl halides is 2. The van der Waals surface area contributed by atoms with E-state index in [2.05, 4.69) is 10.5 Å². The van der Waals surface area contributed by atoms with E-state index in [0.717, 1.165) is 5.56 Å². The predicted molar refractivity (Wildman–Crippen MR) is 102 cm³/mol. The molecule has 1 aromatic carbocycles. The van der Waals surface area contributed by atoms with Gasteiger partial charge in [-0.05, 0) is 36.7 Å². The summed E-state index contributed by atoms with van der Waals surface area (Å²) < 4.78 is -0.855. The number of nitrogens with one attached hydrogen (secondary N) is 1. The normalized spacial score (nSPS) is 36.2. The van der Waals surface area contributed by atoms with Crippen molar-refractivity contribution in [3.8, 4) is 0 Å². The Morgan fingerprint density at radius 2 is 1.68 bits per heavy atom. The summed E-state index contributed by atoms with van der Waals surface area (Å²) in [5, 5.41) is 4.25. The highest BCUT2D eigenvalue weighted by Crippen LogP contribution is 2.63. The smallest absolute Gasteiger partial charge is 0.243 e. The van der Waals surface area contributed by atoms with E-state index in [-0.39, 0.29) is 11.8 Å². The van der Waals surface area contributed by atoms with Crippen LogP contribution in [-0.2, 0) is 10.2 Å². The Hall–Kier alpha value is -1.06. The molecule has 1 N–H and O–H groups in total. The first-order valence-corrected chi connectivity index (χ1v) is 10.1. The fourth-order valence-corrected chi connectivity index (χ4v) is 5.32. The zero-order chi connectivity index (χ0) is 17.5. The number of carbonyl (C=O) groups excluding carboxylic acids is 1. The third kappa shape index (κ3) is 3.21. The fourth-order valence-electron chi connectivity index (χ4n) is 4.58. The second-order valence-electron chi connectivity index (χ2n) is 7.80. The van der Waals surface area contributed by atoms with E-state index in [4.69, 9.17) is 23.2 Å². The number of carbonyl (C=O) groups is 1. The Bertz CT molecular complexity index is 662. The molecule has 3 fully saturated rings. The van der Waals surface area contributed by atoms with Gasteiger partial charge in [-0.2, -0.15) is 5.10 Å². The molecule has 1 aromatic rings. The van der Waals surface area contributed by atoms with Crippen LogP contribution in [0.15, 0.2) is 35.4 Å². The summed E-state index contributed by atoms with van der Waals surface area (Å²) in [5.74, 6) is 1.35. The molecule has 0 saturated heterocycles. The topological polar surface area (TPSA) is 41.5 Å². The monoisotopic (exact) mass is 378 g/mol. The molecule has 0 aromatic heterocycles. The highest BCUT2D eigenvalue weighted by Gasteiger charge is 2.66. The van der Waals surface area contributed by atoms with Crippen molar-refractivity contribution >= 4 is 35.3 Å². The van der Waals surface area contributed by atoms with Gasteiger partial charge in [-0.1, -0.05) is 56.0 Å². The van der Waals surface area contributed by atoms with Crippen LogP contribution in [0.4, 0.5) is 0 Å².